The number of anilines is 1. The summed E-state index contributed by atoms with van der Waals surface area (Å²) in [6.45, 7) is 1.43. The van der Waals surface area contributed by atoms with E-state index in [1.54, 1.807) is 12.1 Å². The minimum Gasteiger partial charge on any atom is -0.449 e. The maximum absolute atomic E-state index is 12.3. The summed E-state index contributed by atoms with van der Waals surface area (Å²) >= 11 is 1.52. The number of carbonyl (C=O) groups excluding carboxylic acids is 3. The predicted octanol–water partition coefficient (Wildman–Crippen LogP) is 0.970. The van der Waals surface area contributed by atoms with E-state index in [1.165, 1.54) is 24.8 Å². The van der Waals surface area contributed by atoms with E-state index < -0.39 is 33.9 Å². The van der Waals surface area contributed by atoms with Crippen LogP contribution in [-0.2, 0) is 24.2 Å². The number of hydrogen-bond acceptors (Lipinski definition) is 7. The molecule has 27 heavy (non-hydrogen) atoms. The summed E-state index contributed by atoms with van der Waals surface area (Å²) in [5.74, 6) is -0.735. The van der Waals surface area contributed by atoms with Gasteiger partial charge in [0.2, 0.25) is 5.91 Å². The van der Waals surface area contributed by atoms with Crippen LogP contribution < -0.4 is 10.6 Å². The van der Waals surface area contributed by atoms with Crippen LogP contribution in [0.2, 0.25) is 0 Å². The third-order valence-electron chi connectivity index (χ3n) is 4.31. The minimum absolute atomic E-state index is 0.0466. The Morgan fingerprint density at radius 3 is 2.85 bits per heavy atom. The largest absolute Gasteiger partial charge is 0.449 e. The van der Waals surface area contributed by atoms with Gasteiger partial charge in [-0.15, -0.1) is 11.8 Å². The van der Waals surface area contributed by atoms with Crippen LogP contribution in [-0.4, -0.2) is 55.6 Å². The molecule has 1 aromatic carbocycles. The molecule has 0 spiro atoms. The standard InChI is InChI=1S/C17H20N2O6S2/c1-10(16(21)18-12-5-7-27(23,24)9-12)25-17(22)11-2-3-14-13(8-11)19-15(20)4-6-26-14/h2-3,8,10,12H,4-7,9H2,1H3,(H,18,21)(H,19,20)/t10-,12-/m0/s1. The lowest BCUT2D eigenvalue weighted by Gasteiger charge is -2.17. The third-order valence-corrected chi connectivity index (χ3v) is 7.15. The third kappa shape index (κ3) is 5.01. The molecule has 10 heteroatoms. The number of fused-ring (bicyclic) bond motifs is 1. The molecule has 0 aromatic heterocycles. The number of carbonyl (C=O) groups is 3. The SMILES string of the molecule is C[C@H](OC(=O)c1ccc2c(c1)NC(=O)CCS2)C(=O)N[C@H]1CCS(=O)(=O)C1. The zero-order valence-corrected chi connectivity index (χ0v) is 16.3. The number of benzene rings is 1. The van der Waals surface area contributed by atoms with Crippen molar-refractivity contribution in [2.75, 3.05) is 22.6 Å². The van der Waals surface area contributed by atoms with E-state index in [4.69, 9.17) is 4.74 Å². The highest BCUT2D eigenvalue weighted by atomic mass is 32.2. The monoisotopic (exact) mass is 412 g/mol. The summed E-state index contributed by atoms with van der Waals surface area (Å²) in [7, 11) is -3.11. The van der Waals surface area contributed by atoms with Crippen molar-refractivity contribution in [1.82, 2.24) is 5.32 Å². The lowest BCUT2D eigenvalue weighted by molar-refractivity contribution is -0.129. The lowest BCUT2D eigenvalue weighted by Crippen LogP contribution is -2.42. The molecule has 2 aliphatic heterocycles. The molecule has 146 valence electrons. The predicted molar refractivity (Wildman–Crippen MR) is 100 cm³/mol. The maximum Gasteiger partial charge on any atom is 0.338 e. The first-order valence-corrected chi connectivity index (χ1v) is 11.3. The lowest BCUT2D eigenvalue weighted by atomic mass is 10.2. The Morgan fingerprint density at radius 1 is 1.37 bits per heavy atom. The zero-order chi connectivity index (χ0) is 19.6. The summed E-state index contributed by atoms with van der Waals surface area (Å²) in [5.41, 5.74) is 0.768. The molecule has 2 amide bonds. The van der Waals surface area contributed by atoms with Crippen LogP contribution in [0.3, 0.4) is 0 Å². The number of esters is 1. The Hall–Kier alpha value is -2.07. The van der Waals surface area contributed by atoms with Gasteiger partial charge in [-0.3, -0.25) is 9.59 Å². The molecule has 0 bridgehead atoms. The summed E-state index contributed by atoms with van der Waals surface area (Å²) in [4.78, 5) is 37.0. The van der Waals surface area contributed by atoms with Crippen LogP contribution >= 0.6 is 11.8 Å². The fraction of sp³-hybridized carbons (Fsp3) is 0.471. The molecule has 0 unspecified atom stereocenters. The number of nitrogens with one attached hydrogen (secondary N) is 2. The second-order valence-electron chi connectivity index (χ2n) is 6.51. The first kappa shape index (κ1) is 19.7. The number of sulfone groups is 1. The van der Waals surface area contributed by atoms with Gasteiger partial charge in [0.1, 0.15) is 0 Å². The normalized spacial score (nSPS) is 22.1. The summed E-state index contributed by atoms with van der Waals surface area (Å²) in [6, 6.07) is 4.39. The van der Waals surface area contributed by atoms with Gasteiger partial charge >= 0.3 is 5.97 Å². The van der Waals surface area contributed by atoms with Crippen LogP contribution in [0.15, 0.2) is 23.1 Å². The fourth-order valence-corrected chi connectivity index (χ4v) is 5.47. The summed E-state index contributed by atoms with van der Waals surface area (Å²) in [5, 5.41) is 5.35. The van der Waals surface area contributed by atoms with Crippen molar-refractivity contribution in [3.63, 3.8) is 0 Å². The quantitative estimate of drug-likeness (QED) is 0.707. The first-order chi connectivity index (χ1) is 12.7. The number of rotatable bonds is 4. The Morgan fingerprint density at radius 2 is 2.15 bits per heavy atom. The van der Waals surface area contributed by atoms with Gasteiger partial charge in [0.25, 0.3) is 5.91 Å². The molecule has 3 rings (SSSR count). The van der Waals surface area contributed by atoms with Crippen molar-refractivity contribution in [2.45, 2.75) is 36.8 Å². The average Bonchev–Trinajstić information content (AvgIpc) is 2.82. The van der Waals surface area contributed by atoms with Crippen molar-refractivity contribution in [1.29, 1.82) is 0 Å². The fourth-order valence-electron chi connectivity index (χ4n) is 2.86. The van der Waals surface area contributed by atoms with E-state index in [0.717, 1.165) is 4.90 Å². The number of ether oxygens (including phenoxy) is 1. The molecule has 8 nitrogen and oxygen atoms in total. The van der Waals surface area contributed by atoms with E-state index in [-0.39, 0.29) is 23.0 Å². The Labute approximate surface area is 161 Å². The van der Waals surface area contributed by atoms with Crippen LogP contribution in [0, 0.1) is 0 Å². The molecule has 2 N–H and O–H groups in total. The Balaban J connectivity index is 1.61. The van der Waals surface area contributed by atoms with E-state index in [9.17, 15) is 22.8 Å². The smallest absolute Gasteiger partial charge is 0.338 e. The highest BCUT2D eigenvalue weighted by Gasteiger charge is 2.31. The molecule has 1 saturated heterocycles. The highest BCUT2D eigenvalue weighted by Crippen LogP contribution is 2.31. The Bertz CT molecular complexity index is 883. The molecule has 1 aromatic rings. The maximum atomic E-state index is 12.3. The first-order valence-electron chi connectivity index (χ1n) is 8.52. The van der Waals surface area contributed by atoms with Gasteiger partial charge < -0.3 is 15.4 Å². The van der Waals surface area contributed by atoms with Crippen LogP contribution in [0.4, 0.5) is 5.69 Å². The van der Waals surface area contributed by atoms with Crippen molar-refractivity contribution >= 4 is 45.1 Å². The van der Waals surface area contributed by atoms with Crippen molar-refractivity contribution in [3.8, 4) is 0 Å². The van der Waals surface area contributed by atoms with Gasteiger partial charge in [-0.2, -0.15) is 0 Å². The number of hydrogen-bond donors (Lipinski definition) is 2. The molecule has 0 aliphatic carbocycles. The molecule has 0 radical (unpaired) electrons. The molecule has 1 fully saturated rings. The van der Waals surface area contributed by atoms with E-state index in [2.05, 4.69) is 10.6 Å². The Kier molecular flexibility index (Phi) is 5.75. The average molecular weight is 412 g/mol. The topological polar surface area (TPSA) is 119 Å². The molecule has 2 heterocycles. The molecular formula is C17H20N2O6S2. The van der Waals surface area contributed by atoms with Gasteiger partial charge in [-0.1, -0.05) is 0 Å². The molecule has 2 aliphatic rings. The summed E-state index contributed by atoms with van der Waals surface area (Å²) in [6.07, 6.45) is -0.312. The second kappa shape index (κ2) is 7.89. The molecule has 0 saturated carbocycles. The van der Waals surface area contributed by atoms with E-state index in [1.807, 2.05) is 0 Å². The highest BCUT2D eigenvalue weighted by molar-refractivity contribution is 7.99. The van der Waals surface area contributed by atoms with E-state index in [0.29, 0.717) is 24.3 Å². The second-order valence-corrected chi connectivity index (χ2v) is 9.88. The minimum atomic E-state index is -3.11. The van der Waals surface area contributed by atoms with Crippen LogP contribution in [0.5, 0.6) is 0 Å². The molecular weight excluding hydrogens is 392 g/mol. The van der Waals surface area contributed by atoms with Gasteiger partial charge in [-0.25, -0.2) is 13.2 Å². The van der Waals surface area contributed by atoms with E-state index >= 15 is 0 Å². The molecule has 2 atom stereocenters. The van der Waals surface area contributed by atoms with Crippen LogP contribution in [0.1, 0.15) is 30.1 Å². The summed E-state index contributed by atoms with van der Waals surface area (Å²) < 4.78 is 28.1. The number of thioether (sulfide) groups is 1. The van der Waals surface area contributed by atoms with Gasteiger partial charge in [-0.05, 0) is 31.5 Å². The van der Waals surface area contributed by atoms with Crippen LogP contribution in [0.25, 0.3) is 0 Å². The number of amides is 2. The van der Waals surface area contributed by atoms with Gasteiger partial charge in [0.15, 0.2) is 15.9 Å². The zero-order valence-electron chi connectivity index (χ0n) is 14.7. The van der Waals surface area contributed by atoms with Crippen molar-refractivity contribution < 1.29 is 27.5 Å². The van der Waals surface area contributed by atoms with Crippen molar-refractivity contribution in [2.24, 2.45) is 0 Å². The van der Waals surface area contributed by atoms with Gasteiger partial charge in [0, 0.05) is 23.1 Å². The van der Waals surface area contributed by atoms with Crippen molar-refractivity contribution in [3.05, 3.63) is 23.8 Å². The van der Waals surface area contributed by atoms with Gasteiger partial charge in [0.05, 0.1) is 22.8 Å².